The van der Waals surface area contributed by atoms with E-state index in [0.29, 0.717) is 38.5 Å². The van der Waals surface area contributed by atoms with E-state index >= 15 is 0 Å². The number of nitrogens with zero attached hydrogens (tertiary/aromatic N) is 3. The lowest BCUT2D eigenvalue weighted by molar-refractivity contribution is -0.133. The minimum atomic E-state index is -0.0526. The molecule has 2 heterocycles. The lowest BCUT2D eigenvalue weighted by atomic mass is 10.2. The van der Waals surface area contributed by atoms with Gasteiger partial charge in [0.15, 0.2) is 6.61 Å². The third-order valence-corrected chi connectivity index (χ3v) is 6.22. The highest BCUT2D eigenvalue weighted by Crippen LogP contribution is 2.12. The summed E-state index contributed by atoms with van der Waals surface area (Å²) in [4.78, 5) is 31.3. The Morgan fingerprint density at radius 2 is 1.68 bits per heavy atom. The first-order valence-electron chi connectivity index (χ1n) is 12.0. The maximum absolute atomic E-state index is 12.6. The first-order valence-corrected chi connectivity index (χ1v) is 12.0. The van der Waals surface area contributed by atoms with E-state index in [2.05, 4.69) is 10.2 Å². The molecule has 0 aromatic heterocycles. The number of morpholine rings is 1. The number of benzene rings is 2. The van der Waals surface area contributed by atoms with Crippen LogP contribution in [0.15, 0.2) is 60.7 Å². The number of carbonyl (C=O) groups is 2. The van der Waals surface area contributed by atoms with Crippen LogP contribution in [0, 0.1) is 0 Å². The number of carbonyl (C=O) groups excluding carboxylic acids is 2. The normalized spacial score (nSPS) is 19.4. The summed E-state index contributed by atoms with van der Waals surface area (Å²) in [7, 11) is 0. The van der Waals surface area contributed by atoms with Crippen molar-refractivity contribution in [2.45, 2.75) is 19.1 Å². The molecule has 2 aromatic carbocycles. The van der Waals surface area contributed by atoms with Gasteiger partial charge in [-0.15, -0.1) is 0 Å². The van der Waals surface area contributed by atoms with E-state index in [1.165, 1.54) is 0 Å². The fourth-order valence-electron chi connectivity index (χ4n) is 4.34. The van der Waals surface area contributed by atoms with Crippen molar-refractivity contribution in [3.8, 4) is 5.75 Å². The van der Waals surface area contributed by atoms with Crippen molar-refractivity contribution < 1.29 is 19.1 Å². The van der Waals surface area contributed by atoms with Crippen molar-refractivity contribution in [2.75, 3.05) is 59.0 Å². The number of amides is 3. The van der Waals surface area contributed by atoms with Gasteiger partial charge in [0.05, 0.1) is 12.7 Å². The lowest BCUT2D eigenvalue weighted by Gasteiger charge is -2.35. The van der Waals surface area contributed by atoms with Gasteiger partial charge in [-0.25, -0.2) is 4.79 Å². The maximum Gasteiger partial charge on any atom is 0.317 e. The van der Waals surface area contributed by atoms with E-state index in [1.807, 2.05) is 70.5 Å². The van der Waals surface area contributed by atoms with E-state index in [1.54, 1.807) is 0 Å². The third kappa shape index (κ3) is 7.20. The topological polar surface area (TPSA) is 74.4 Å². The highest BCUT2D eigenvalue weighted by Gasteiger charge is 2.27. The van der Waals surface area contributed by atoms with Crippen LogP contribution < -0.4 is 10.1 Å². The standard InChI is InChI=1S/C26H34N4O4/c31-25(21-34-23-10-5-2-6-11-23)29-13-7-12-28(14-15-29)19-24-20-30(16-17-33-24)26(32)27-18-22-8-3-1-4-9-22/h1-6,8-11,24H,7,12-21H2,(H,27,32)/t24-/m0/s1. The molecule has 2 saturated heterocycles. The first kappa shape index (κ1) is 24.0. The molecule has 8 nitrogen and oxygen atoms in total. The summed E-state index contributed by atoms with van der Waals surface area (Å²) in [5.41, 5.74) is 1.08. The molecule has 3 amide bonds. The Bertz CT molecular complexity index is 912. The molecule has 2 aliphatic rings. The zero-order valence-corrected chi connectivity index (χ0v) is 19.6. The SMILES string of the molecule is O=C(COc1ccccc1)N1CCCN(C[C@H]2CN(C(=O)NCc3ccccc3)CCO2)CC1. The zero-order chi connectivity index (χ0) is 23.6. The molecule has 0 spiro atoms. The van der Waals surface area contributed by atoms with Gasteiger partial charge in [-0.1, -0.05) is 48.5 Å². The van der Waals surface area contributed by atoms with Gasteiger partial charge in [0.25, 0.3) is 5.91 Å². The van der Waals surface area contributed by atoms with Gasteiger partial charge in [-0.3, -0.25) is 9.69 Å². The van der Waals surface area contributed by atoms with Crippen molar-refractivity contribution in [2.24, 2.45) is 0 Å². The lowest BCUT2D eigenvalue weighted by Crippen LogP contribution is -2.52. The van der Waals surface area contributed by atoms with Crippen LogP contribution in [0.4, 0.5) is 4.79 Å². The molecule has 182 valence electrons. The van der Waals surface area contributed by atoms with Crippen LogP contribution in [0.5, 0.6) is 5.75 Å². The Morgan fingerprint density at radius 1 is 0.912 bits per heavy atom. The van der Waals surface area contributed by atoms with Crippen LogP contribution in [0.2, 0.25) is 0 Å². The number of nitrogens with one attached hydrogen (secondary N) is 1. The number of hydrogen-bond acceptors (Lipinski definition) is 5. The van der Waals surface area contributed by atoms with Crippen molar-refractivity contribution in [3.63, 3.8) is 0 Å². The number of para-hydroxylation sites is 1. The van der Waals surface area contributed by atoms with Gasteiger partial charge in [-0.05, 0) is 30.7 Å². The van der Waals surface area contributed by atoms with E-state index in [0.717, 1.165) is 38.2 Å². The molecule has 0 saturated carbocycles. The van der Waals surface area contributed by atoms with Crippen LogP contribution in [-0.2, 0) is 16.1 Å². The largest absolute Gasteiger partial charge is 0.484 e. The van der Waals surface area contributed by atoms with E-state index in [9.17, 15) is 9.59 Å². The summed E-state index contributed by atoms with van der Waals surface area (Å²) in [6.07, 6.45) is 0.880. The molecule has 4 rings (SSSR count). The molecule has 0 unspecified atom stereocenters. The molecule has 1 atom stereocenters. The van der Waals surface area contributed by atoms with Crippen molar-refractivity contribution >= 4 is 11.9 Å². The van der Waals surface area contributed by atoms with Gasteiger partial charge in [-0.2, -0.15) is 0 Å². The van der Waals surface area contributed by atoms with Gasteiger partial charge in [0.2, 0.25) is 0 Å². The van der Waals surface area contributed by atoms with Crippen molar-refractivity contribution in [1.82, 2.24) is 20.0 Å². The second-order valence-electron chi connectivity index (χ2n) is 8.72. The van der Waals surface area contributed by atoms with E-state index < -0.39 is 0 Å². The summed E-state index contributed by atoms with van der Waals surface area (Å²) in [5.74, 6) is 0.722. The van der Waals surface area contributed by atoms with Crippen LogP contribution >= 0.6 is 0 Å². The van der Waals surface area contributed by atoms with Crippen molar-refractivity contribution in [3.05, 3.63) is 66.2 Å². The van der Waals surface area contributed by atoms with Crippen molar-refractivity contribution in [1.29, 1.82) is 0 Å². The number of hydrogen-bond donors (Lipinski definition) is 1. The van der Waals surface area contributed by atoms with Crippen LogP contribution in [-0.4, -0.2) is 91.8 Å². The predicted molar refractivity (Wildman–Crippen MR) is 130 cm³/mol. The Labute approximate surface area is 201 Å². The minimum absolute atomic E-state index is 0.0147. The molecule has 2 fully saturated rings. The Morgan fingerprint density at radius 3 is 2.47 bits per heavy atom. The average Bonchev–Trinajstić information content (AvgIpc) is 3.13. The molecular formula is C26H34N4O4. The summed E-state index contributed by atoms with van der Waals surface area (Å²) >= 11 is 0. The Balaban J connectivity index is 1.19. The van der Waals surface area contributed by atoms with E-state index in [-0.39, 0.29) is 24.6 Å². The monoisotopic (exact) mass is 466 g/mol. The van der Waals surface area contributed by atoms with Crippen LogP contribution in [0.1, 0.15) is 12.0 Å². The van der Waals surface area contributed by atoms with Gasteiger partial charge < -0.3 is 24.6 Å². The highest BCUT2D eigenvalue weighted by molar-refractivity contribution is 5.77. The average molecular weight is 467 g/mol. The zero-order valence-electron chi connectivity index (χ0n) is 19.6. The fraction of sp³-hybridized carbons (Fsp3) is 0.462. The first-order chi connectivity index (χ1) is 16.7. The molecule has 2 aromatic rings. The molecule has 0 radical (unpaired) electrons. The number of urea groups is 1. The molecule has 8 heteroatoms. The van der Waals surface area contributed by atoms with Crippen LogP contribution in [0.25, 0.3) is 0 Å². The summed E-state index contributed by atoms with van der Waals surface area (Å²) in [6, 6.07) is 19.3. The number of rotatable bonds is 7. The maximum atomic E-state index is 12.6. The Hall–Kier alpha value is -3.10. The van der Waals surface area contributed by atoms with Gasteiger partial charge in [0.1, 0.15) is 5.75 Å². The smallest absolute Gasteiger partial charge is 0.317 e. The molecule has 0 aliphatic carbocycles. The second kappa shape index (κ2) is 12.4. The Kier molecular flexibility index (Phi) is 8.76. The molecule has 2 aliphatic heterocycles. The number of ether oxygens (including phenoxy) is 2. The second-order valence-corrected chi connectivity index (χ2v) is 8.72. The minimum Gasteiger partial charge on any atom is -0.484 e. The summed E-state index contributed by atoms with van der Waals surface area (Å²) < 4.78 is 11.6. The fourth-order valence-corrected chi connectivity index (χ4v) is 4.34. The molecule has 34 heavy (non-hydrogen) atoms. The molecule has 0 bridgehead atoms. The quantitative estimate of drug-likeness (QED) is 0.677. The van der Waals surface area contributed by atoms with Gasteiger partial charge in [0, 0.05) is 45.8 Å². The summed E-state index contributed by atoms with van der Waals surface area (Å²) in [5, 5.41) is 3.01. The van der Waals surface area contributed by atoms with Crippen LogP contribution in [0.3, 0.4) is 0 Å². The third-order valence-electron chi connectivity index (χ3n) is 6.22. The highest BCUT2D eigenvalue weighted by atomic mass is 16.5. The van der Waals surface area contributed by atoms with Gasteiger partial charge >= 0.3 is 6.03 Å². The molecular weight excluding hydrogens is 432 g/mol. The molecule has 1 N–H and O–H groups in total. The summed E-state index contributed by atoms with van der Waals surface area (Å²) in [6.45, 7) is 6.14. The van der Waals surface area contributed by atoms with E-state index in [4.69, 9.17) is 9.47 Å². The predicted octanol–water partition coefficient (Wildman–Crippen LogP) is 2.21.